The van der Waals surface area contributed by atoms with Crippen LogP contribution in [0.15, 0.2) is 120 Å². The zero-order chi connectivity index (χ0) is 21.1. The quantitative estimate of drug-likeness (QED) is 0.427. The van der Waals surface area contributed by atoms with Crippen molar-refractivity contribution in [3.05, 3.63) is 131 Å². The van der Waals surface area contributed by atoms with Crippen molar-refractivity contribution in [2.75, 3.05) is 0 Å². The molecule has 1 aromatic heterocycles. The van der Waals surface area contributed by atoms with Crippen molar-refractivity contribution >= 4 is 34.1 Å². The van der Waals surface area contributed by atoms with Gasteiger partial charge in [0.05, 0.1) is 10.9 Å². The Balaban J connectivity index is 1.79. The molecule has 0 aliphatic heterocycles. The van der Waals surface area contributed by atoms with E-state index in [-0.39, 0.29) is 5.56 Å². The highest BCUT2D eigenvalue weighted by Gasteiger charge is 2.46. The lowest BCUT2D eigenvalue weighted by atomic mass is 10.2. The molecule has 1 heterocycles. The molecule has 5 aromatic rings. The normalized spacial score (nSPS) is 11.5. The predicted octanol–water partition coefficient (Wildman–Crippen LogP) is 4.42. The zero-order valence-electron chi connectivity index (χ0n) is 17.0. The van der Waals surface area contributed by atoms with Crippen molar-refractivity contribution in [2.45, 2.75) is 6.16 Å². The first kappa shape index (κ1) is 19.4. The average molecular weight is 421 g/mol. The SMILES string of the molecule is O=c1[nH]c(C[P+](c2ccccc2)(c2ccccc2)c2ccccc2)nc2ccccc12. The Kier molecular flexibility index (Phi) is 5.19. The molecule has 3 nitrogen and oxygen atoms in total. The van der Waals surface area contributed by atoms with Gasteiger partial charge >= 0.3 is 0 Å². The topological polar surface area (TPSA) is 45.8 Å². The number of para-hydroxylation sites is 1. The van der Waals surface area contributed by atoms with E-state index >= 15 is 0 Å². The van der Waals surface area contributed by atoms with E-state index in [0.717, 1.165) is 5.52 Å². The lowest BCUT2D eigenvalue weighted by Gasteiger charge is -2.27. The van der Waals surface area contributed by atoms with E-state index in [2.05, 4.69) is 77.8 Å². The second kappa shape index (κ2) is 8.29. The lowest BCUT2D eigenvalue weighted by molar-refractivity contribution is 1.03. The molecular weight excluding hydrogens is 399 g/mol. The highest BCUT2D eigenvalue weighted by atomic mass is 31.2. The molecule has 150 valence electrons. The number of aromatic amines is 1. The Morgan fingerprint density at radius 2 is 1.06 bits per heavy atom. The molecule has 0 radical (unpaired) electrons. The maximum Gasteiger partial charge on any atom is 0.258 e. The molecule has 31 heavy (non-hydrogen) atoms. The van der Waals surface area contributed by atoms with E-state index in [9.17, 15) is 4.79 Å². The van der Waals surface area contributed by atoms with Crippen LogP contribution < -0.4 is 21.5 Å². The molecule has 4 heteroatoms. The van der Waals surface area contributed by atoms with E-state index in [4.69, 9.17) is 4.98 Å². The average Bonchev–Trinajstić information content (AvgIpc) is 2.84. The molecule has 0 amide bonds. The van der Waals surface area contributed by atoms with E-state index in [1.54, 1.807) is 0 Å². The minimum absolute atomic E-state index is 0.0899. The van der Waals surface area contributed by atoms with Crippen molar-refractivity contribution in [3.8, 4) is 0 Å². The second-order valence-corrected chi connectivity index (χ2v) is 11.0. The summed E-state index contributed by atoms with van der Waals surface area (Å²) in [5.41, 5.74) is 0.640. The molecule has 0 spiro atoms. The van der Waals surface area contributed by atoms with Crippen molar-refractivity contribution in [1.82, 2.24) is 9.97 Å². The summed E-state index contributed by atoms with van der Waals surface area (Å²) in [4.78, 5) is 20.8. The van der Waals surface area contributed by atoms with Gasteiger partial charge in [0, 0.05) is 0 Å². The van der Waals surface area contributed by atoms with Crippen LogP contribution in [0.5, 0.6) is 0 Å². The zero-order valence-corrected chi connectivity index (χ0v) is 17.9. The summed E-state index contributed by atoms with van der Waals surface area (Å²) in [5, 5.41) is 4.42. The van der Waals surface area contributed by atoms with E-state index < -0.39 is 7.26 Å². The van der Waals surface area contributed by atoms with Crippen LogP contribution in [0.1, 0.15) is 5.82 Å². The van der Waals surface area contributed by atoms with E-state index in [1.807, 2.05) is 42.5 Å². The summed E-state index contributed by atoms with van der Waals surface area (Å²) in [5.74, 6) is 0.716. The molecule has 0 unspecified atom stereocenters. The fraction of sp³-hybridized carbons (Fsp3) is 0.0370. The van der Waals surface area contributed by atoms with Gasteiger partial charge in [-0.05, 0) is 48.5 Å². The molecule has 5 rings (SSSR count). The number of rotatable bonds is 5. The Hall–Kier alpha value is -3.55. The Labute approximate surface area is 181 Å². The molecule has 0 atom stereocenters. The fourth-order valence-electron chi connectivity index (χ4n) is 4.20. The maximum atomic E-state index is 12.8. The molecule has 0 bridgehead atoms. The first-order valence-electron chi connectivity index (χ1n) is 10.3. The minimum atomic E-state index is -2.11. The fourth-order valence-corrected chi connectivity index (χ4v) is 8.29. The molecular formula is C27H22N2OP+. The lowest BCUT2D eigenvalue weighted by Crippen LogP contribution is -2.33. The van der Waals surface area contributed by atoms with Gasteiger partial charge in [0.2, 0.25) is 0 Å². The second-order valence-electron chi connectivity index (χ2n) is 7.50. The van der Waals surface area contributed by atoms with Crippen molar-refractivity contribution in [1.29, 1.82) is 0 Å². The smallest absolute Gasteiger partial charge is 0.258 e. The van der Waals surface area contributed by atoms with Gasteiger partial charge in [0.15, 0.2) is 0 Å². The van der Waals surface area contributed by atoms with Crippen molar-refractivity contribution in [3.63, 3.8) is 0 Å². The maximum absolute atomic E-state index is 12.8. The molecule has 0 aliphatic carbocycles. The highest BCUT2D eigenvalue weighted by molar-refractivity contribution is 7.95. The summed E-state index contributed by atoms with van der Waals surface area (Å²) in [7, 11) is -2.11. The van der Waals surface area contributed by atoms with Gasteiger partial charge in [0.25, 0.3) is 5.56 Å². The Bertz CT molecular complexity index is 1270. The third-order valence-electron chi connectivity index (χ3n) is 5.64. The number of H-pyrrole nitrogens is 1. The largest absolute Gasteiger partial charge is 0.307 e. The number of benzene rings is 4. The van der Waals surface area contributed by atoms with Crippen molar-refractivity contribution in [2.24, 2.45) is 0 Å². The van der Waals surface area contributed by atoms with Gasteiger partial charge in [0.1, 0.15) is 35.2 Å². The molecule has 0 saturated carbocycles. The number of nitrogens with one attached hydrogen (secondary N) is 1. The summed E-state index contributed by atoms with van der Waals surface area (Å²) < 4.78 is 0. The number of fused-ring (bicyclic) bond motifs is 1. The third kappa shape index (κ3) is 3.58. The standard InChI is InChI=1S/C27H21N2OP/c30-27-24-18-10-11-19-25(24)28-26(29-27)20-31(21-12-4-1-5-13-21,22-14-6-2-7-15-22)23-16-8-3-9-17-23/h1-19H,20H2/p+1. The number of aromatic nitrogens is 2. The molecule has 1 N–H and O–H groups in total. The van der Waals surface area contributed by atoms with Crippen LogP contribution in [0.3, 0.4) is 0 Å². The first-order valence-corrected chi connectivity index (χ1v) is 12.3. The molecule has 0 aliphatic rings. The summed E-state index contributed by atoms with van der Waals surface area (Å²) in [6.07, 6.45) is 0.644. The van der Waals surface area contributed by atoms with Gasteiger partial charge in [-0.25, -0.2) is 4.98 Å². The number of nitrogens with zero attached hydrogens (tertiary/aromatic N) is 1. The van der Waals surface area contributed by atoms with Crippen LogP contribution in [-0.4, -0.2) is 9.97 Å². The van der Waals surface area contributed by atoms with Crippen LogP contribution in [0.4, 0.5) is 0 Å². The molecule has 4 aromatic carbocycles. The van der Waals surface area contributed by atoms with Gasteiger partial charge < -0.3 is 4.98 Å². The van der Waals surface area contributed by atoms with Crippen LogP contribution >= 0.6 is 7.26 Å². The number of hydrogen-bond acceptors (Lipinski definition) is 2. The van der Waals surface area contributed by atoms with Crippen LogP contribution in [0, 0.1) is 0 Å². The Morgan fingerprint density at radius 1 is 0.613 bits per heavy atom. The number of hydrogen-bond donors (Lipinski definition) is 1. The van der Waals surface area contributed by atoms with Gasteiger partial charge in [-0.3, -0.25) is 4.79 Å². The van der Waals surface area contributed by atoms with E-state index in [0.29, 0.717) is 17.4 Å². The monoisotopic (exact) mass is 421 g/mol. The van der Waals surface area contributed by atoms with Crippen LogP contribution in [0.2, 0.25) is 0 Å². The minimum Gasteiger partial charge on any atom is -0.307 e. The molecule has 0 fully saturated rings. The summed E-state index contributed by atoms with van der Waals surface area (Å²) >= 11 is 0. The predicted molar refractivity (Wildman–Crippen MR) is 131 cm³/mol. The van der Waals surface area contributed by atoms with Crippen LogP contribution in [0.25, 0.3) is 10.9 Å². The van der Waals surface area contributed by atoms with E-state index in [1.165, 1.54) is 15.9 Å². The summed E-state index contributed by atoms with van der Waals surface area (Å²) in [6, 6.07) is 39.4. The van der Waals surface area contributed by atoms with Gasteiger partial charge in [-0.1, -0.05) is 66.7 Å². The summed E-state index contributed by atoms with van der Waals surface area (Å²) in [6.45, 7) is 0. The van der Waals surface area contributed by atoms with Gasteiger partial charge in [-0.2, -0.15) is 0 Å². The van der Waals surface area contributed by atoms with Crippen molar-refractivity contribution < 1.29 is 0 Å². The Morgan fingerprint density at radius 3 is 1.58 bits per heavy atom. The van der Waals surface area contributed by atoms with Gasteiger partial charge in [-0.15, -0.1) is 0 Å². The first-order chi connectivity index (χ1) is 15.3. The third-order valence-corrected chi connectivity index (χ3v) is 9.95. The van der Waals surface area contributed by atoms with Crippen LogP contribution in [-0.2, 0) is 6.16 Å². The molecule has 0 saturated heterocycles. The highest BCUT2D eigenvalue weighted by Crippen LogP contribution is 2.57.